The zero-order chi connectivity index (χ0) is 24.6. The minimum atomic E-state index is -5.03. The third kappa shape index (κ3) is 4.85. The Kier molecular flexibility index (Phi) is 6.53. The van der Waals surface area contributed by atoms with Crippen LogP contribution in [0, 0.1) is 12.7 Å². The van der Waals surface area contributed by atoms with Gasteiger partial charge in [-0.3, -0.25) is 9.98 Å². The lowest BCUT2D eigenvalue weighted by molar-refractivity contribution is -0.236. The highest BCUT2D eigenvalue weighted by Crippen LogP contribution is 2.45. The van der Waals surface area contributed by atoms with Gasteiger partial charge in [0.2, 0.25) is 0 Å². The number of methoxy groups -OCH3 is 1. The summed E-state index contributed by atoms with van der Waals surface area (Å²) in [7, 11) is 1.35. The first-order chi connectivity index (χ1) is 15.3. The third-order valence-electron chi connectivity index (χ3n) is 5.79. The number of pyridine rings is 1. The van der Waals surface area contributed by atoms with Gasteiger partial charge >= 0.3 is 6.18 Å². The van der Waals surface area contributed by atoms with E-state index in [1.165, 1.54) is 27.0 Å². The van der Waals surface area contributed by atoms with Gasteiger partial charge in [-0.15, -0.1) is 0 Å². The summed E-state index contributed by atoms with van der Waals surface area (Å²) in [5.41, 5.74) is -3.28. The fraction of sp³-hybridized carbons (Fsp3) is 0.360. The van der Waals surface area contributed by atoms with E-state index in [4.69, 9.17) is 4.74 Å². The van der Waals surface area contributed by atoms with Crippen molar-refractivity contribution in [2.45, 2.75) is 51.3 Å². The number of halogens is 4. The highest BCUT2D eigenvalue weighted by Gasteiger charge is 2.58. The number of aryl methyl sites for hydroxylation is 1. The first-order valence-corrected chi connectivity index (χ1v) is 10.3. The van der Waals surface area contributed by atoms with Crippen LogP contribution in [0.25, 0.3) is 10.9 Å². The number of fused-ring (bicyclic) bond motifs is 1. The third-order valence-corrected chi connectivity index (χ3v) is 5.79. The number of aliphatic hydroxyl groups is 1. The number of hydrogen-bond donors (Lipinski definition) is 1. The fourth-order valence-corrected chi connectivity index (χ4v) is 3.99. The summed E-state index contributed by atoms with van der Waals surface area (Å²) in [6, 6.07) is 12.1. The quantitative estimate of drug-likeness (QED) is 0.339. The maximum atomic E-state index is 14.3. The summed E-state index contributed by atoms with van der Waals surface area (Å²) in [4.78, 5) is 8.57. The molecule has 3 rings (SSSR count). The molecule has 1 N–H and O–H groups in total. The van der Waals surface area contributed by atoms with E-state index in [1.807, 2.05) is 6.92 Å². The number of nitrogens with zero attached hydrogens (tertiary/aromatic N) is 2. The predicted molar refractivity (Wildman–Crippen MR) is 121 cm³/mol. The molecular formula is C25H26F4N2O2. The zero-order valence-corrected chi connectivity index (χ0v) is 19.1. The van der Waals surface area contributed by atoms with Crippen molar-refractivity contribution in [3.8, 4) is 5.75 Å². The lowest BCUT2D eigenvalue weighted by atomic mass is 9.73. The average Bonchev–Trinajstić information content (AvgIpc) is 2.72. The number of alkyl halides is 3. The Labute approximate surface area is 190 Å². The van der Waals surface area contributed by atoms with E-state index < -0.39 is 35.1 Å². The molecule has 1 heterocycles. The standard InChI is InChI=1S/C25H26F4N2O2/c1-15-9-11-18-20(30-15)7-6-8-21(18)31-16(2)24(32,25(27,28)29)14-23(3,4)19-13-17(26)10-12-22(19)33-5/h6-13,32H,14H2,1-5H3. The molecule has 0 aliphatic carbocycles. The van der Waals surface area contributed by atoms with Crippen molar-refractivity contribution in [1.82, 2.24) is 4.98 Å². The Morgan fingerprint density at radius 3 is 2.42 bits per heavy atom. The van der Waals surface area contributed by atoms with Gasteiger partial charge < -0.3 is 9.84 Å². The molecule has 1 unspecified atom stereocenters. The van der Waals surface area contributed by atoms with Crippen molar-refractivity contribution >= 4 is 22.3 Å². The van der Waals surface area contributed by atoms with Crippen molar-refractivity contribution in [3.05, 3.63) is 65.6 Å². The Morgan fingerprint density at radius 2 is 1.79 bits per heavy atom. The van der Waals surface area contributed by atoms with Crippen LogP contribution in [0.4, 0.5) is 23.2 Å². The largest absolute Gasteiger partial charge is 0.496 e. The zero-order valence-electron chi connectivity index (χ0n) is 19.1. The Balaban J connectivity index is 2.11. The van der Waals surface area contributed by atoms with Gasteiger partial charge in [0.15, 0.2) is 5.60 Å². The maximum Gasteiger partial charge on any atom is 0.422 e. The van der Waals surface area contributed by atoms with Gasteiger partial charge in [-0.2, -0.15) is 13.2 Å². The molecule has 1 atom stereocenters. The van der Waals surface area contributed by atoms with Crippen LogP contribution in [0.5, 0.6) is 5.75 Å². The lowest BCUT2D eigenvalue weighted by Gasteiger charge is -2.38. The SMILES string of the molecule is COc1ccc(F)cc1C(C)(C)CC(O)(C(C)=Nc1cccc2nc(C)ccc12)C(F)(F)F. The molecular weight excluding hydrogens is 436 g/mol. The van der Waals surface area contributed by atoms with Crippen LogP contribution in [0.2, 0.25) is 0 Å². The van der Waals surface area contributed by atoms with Crippen LogP contribution in [-0.2, 0) is 5.41 Å². The minimum Gasteiger partial charge on any atom is -0.496 e. The minimum absolute atomic E-state index is 0.213. The first kappa shape index (κ1) is 24.6. The van der Waals surface area contributed by atoms with Crippen LogP contribution in [0.1, 0.15) is 38.4 Å². The van der Waals surface area contributed by atoms with Gasteiger partial charge in [0, 0.05) is 16.6 Å². The smallest absolute Gasteiger partial charge is 0.422 e. The molecule has 0 aliphatic heterocycles. The summed E-state index contributed by atoms with van der Waals surface area (Å²) in [6.45, 7) is 5.95. The van der Waals surface area contributed by atoms with Gasteiger partial charge in [-0.25, -0.2) is 4.39 Å². The van der Waals surface area contributed by atoms with E-state index in [2.05, 4.69) is 9.98 Å². The molecule has 0 radical (unpaired) electrons. The van der Waals surface area contributed by atoms with Crippen molar-refractivity contribution in [2.24, 2.45) is 4.99 Å². The van der Waals surface area contributed by atoms with E-state index in [-0.39, 0.29) is 17.0 Å². The number of aromatic nitrogens is 1. The number of aliphatic imine (C=N–C) groups is 1. The number of benzene rings is 2. The maximum absolute atomic E-state index is 14.3. The number of hydrogen-bond acceptors (Lipinski definition) is 4. The molecule has 176 valence electrons. The van der Waals surface area contributed by atoms with E-state index in [1.54, 1.807) is 30.3 Å². The second-order valence-electron chi connectivity index (χ2n) is 8.76. The molecule has 1 aromatic heterocycles. The summed E-state index contributed by atoms with van der Waals surface area (Å²) in [5.74, 6) is -0.380. The molecule has 3 aromatic rings. The van der Waals surface area contributed by atoms with Crippen molar-refractivity contribution in [1.29, 1.82) is 0 Å². The fourth-order valence-electron chi connectivity index (χ4n) is 3.99. The molecule has 0 amide bonds. The Bertz CT molecular complexity index is 1200. The highest BCUT2D eigenvalue weighted by molar-refractivity contribution is 5.98. The van der Waals surface area contributed by atoms with E-state index in [9.17, 15) is 22.7 Å². The summed E-state index contributed by atoms with van der Waals surface area (Å²) >= 11 is 0. The Morgan fingerprint density at radius 1 is 1.09 bits per heavy atom. The number of ether oxygens (including phenoxy) is 1. The van der Waals surface area contributed by atoms with Gasteiger partial charge in [-0.1, -0.05) is 19.9 Å². The van der Waals surface area contributed by atoms with E-state index >= 15 is 0 Å². The average molecular weight is 462 g/mol. The highest BCUT2D eigenvalue weighted by atomic mass is 19.4. The van der Waals surface area contributed by atoms with Crippen LogP contribution < -0.4 is 4.74 Å². The van der Waals surface area contributed by atoms with Gasteiger partial charge in [0.1, 0.15) is 11.6 Å². The van der Waals surface area contributed by atoms with Crippen molar-refractivity contribution in [3.63, 3.8) is 0 Å². The molecule has 0 fully saturated rings. The molecule has 0 aliphatic rings. The summed E-state index contributed by atoms with van der Waals surface area (Å²) in [6.07, 6.45) is -5.82. The molecule has 0 bridgehead atoms. The second-order valence-corrected chi connectivity index (χ2v) is 8.76. The molecule has 2 aromatic carbocycles. The summed E-state index contributed by atoms with van der Waals surface area (Å²) < 4.78 is 62.0. The van der Waals surface area contributed by atoms with Crippen molar-refractivity contribution in [2.75, 3.05) is 7.11 Å². The molecule has 0 saturated heterocycles. The van der Waals surface area contributed by atoms with Crippen LogP contribution in [-0.4, -0.2) is 34.7 Å². The van der Waals surface area contributed by atoms with Crippen LogP contribution in [0.3, 0.4) is 0 Å². The second kappa shape index (κ2) is 8.74. The molecule has 33 heavy (non-hydrogen) atoms. The normalized spacial score (nSPS) is 14.9. The first-order valence-electron chi connectivity index (χ1n) is 10.3. The van der Waals surface area contributed by atoms with Gasteiger partial charge in [0.05, 0.1) is 24.0 Å². The van der Waals surface area contributed by atoms with E-state index in [0.29, 0.717) is 10.9 Å². The van der Waals surface area contributed by atoms with Crippen LogP contribution >= 0.6 is 0 Å². The molecule has 0 spiro atoms. The van der Waals surface area contributed by atoms with Crippen molar-refractivity contribution < 1.29 is 27.4 Å². The van der Waals surface area contributed by atoms with Gasteiger partial charge in [0.25, 0.3) is 0 Å². The molecule has 8 heteroatoms. The predicted octanol–water partition coefficient (Wildman–Crippen LogP) is 6.44. The monoisotopic (exact) mass is 462 g/mol. The van der Waals surface area contributed by atoms with Crippen LogP contribution in [0.15, 0.2) is 53.5 Å². The summed E-state index contributed by atoms with van der Waals surface area (Å²) in [5, 5.41) is 11.6. The van der Waals surface area contributed by atoms with Gasteiger partial charge in [-0.05, 0) is 68.1 Å². The topological polar surface area (TPSA) is 54.7 Å². The molecule has 0 saturated carbocycles. The van der Waals surface area contributed by atoms with E-state index in [0.717, 1.165) is 24.8 Å². The lowest BCUT2D eigenvalue weighted by Crippen LogP contribution is -2.54. The Hall–Kier alpha value is -3.00. The number of rotatable bonds is 6. The molecule has 4 nitrogen and oxygen atoms in total.